The topological polar surface area (TPSA) is 77.6 Å². The first-order valence-corrected chi connectivity index (χ1v) is 9.34. The molecule has 0 aliphatic carbocycles. The number of aliphatic carboxylic acids is 1. The van der Waals surface area contributed by atoms with Crippen LogP contribution in [0.5, 0.6) is 5.88 Å². The highest BCUT2D eigenvalue weighted by Crippen LogP contribution is 2.37. The largest absolute Gasteiger partial charge is 0.547 e. The predicted molar refractivity (Wildman–Crippen MR) is 107 cm³/mol. The van der Waals surface area contributed by atoms with Crippen LogP contribution >= 0.6 is 23.6 Å². The number of aromatic nitrogens is 1. The normalized spacial score (nSPS) is 15.0. The van der Waals surface area contributed by atoms with Gasteiger partial charge in [0.2, 0.25) is 5.88 Å². The molecule has 1 aliphatic rings. The molecule has 7 heteroatoms. The number of allylic oxidation sites excluding steroid dienone is 1. The Labute approximate surface area is 164 Å². The van der Waals surface area contributed by atoms with Crippen LogP contribution in [0.1, 0.15) is 22.0 Å². The number of rotatable bonds is 4. The minimum atomic E-state index is -1.34. The highest BCUT2D eigenvalue weighted by atomic mass is 32.1. The molecule has 2 heterocycles. The standard InChI is InChI=1S/C20H14N2O3S2/c23-18-16(10-13-11-21-15-9-5-4-8-14(13)15)27-20(26)22(18)17(19(24)25)12-6-2-1-3-7-12/h1-11,17,23H,(H,24,25)/p-1/b13-10+/t17-/m0/s1. The minimum Gasteiger partial charge on any atom is -0.547 e. The molecule has 0 unspecified atom stereocenters. The molecule has 5 nitrogen and oxygen atoms in total. The fraction of sp³-hybridized carbons (Fsp3) is 0.0500. The second-order valence-electron chi connectivity index (χ2n) is 5.93. The molecule has 1 atom stereocenters. The van der Waals surface area contributed by atoms with Gasteiger partial charge < -0.3 is 15.0 Å². The second kappa shape index (κ2) is 6.94. The van der Waals surface area contributed by atoms with Crippen LogP contribution in [-0.2, 0) is 4.79 Å². The first kappa shape index (κ1) is 17.4. The fourth-order valence-corrected chi connectivity index (χ4v) is 4.35. The summed E-state index contributed by atoms with van der Waals surface area (Å²) >= 11 is 6.48. The third kappa shape index (κ3) is 3.11. The highest BCUT2D eigenvalue weighted by Gasteiger charge is 2.22. The van der Waals surface area contributed by atoms with E-state index in [0.717, 1.165) is 28.2 Å². The van der Waals surface area contributed by atoms with E-state index in [1.165, 1.54) is 4.57 Å². The van der Waals surface area contributed by atoms with Crippen molar-refractivity contribution in [3.8, 4) is 5.88 Å². The molecule has 0 radical (unpaired) electrons. The number of carbonyl (C=O) groups excluding carboxylic acids is 1. The summed E-state index contributed by atoms with van der Waals surface area (Å²) in [4.78, 5) is 16.6. The van der Waals surface area contributed by atoms with E-state index in [1.54, 1.807) is 42.6 Å². The fourth-order valence-electron chi connectivity index (χ4n) is 3.04. The molecule has 0 saturated heterocycles. The molecule has 1 aliphatic heterocycles. The van der Waals surface area contributed by atoms with Crippen LogP contribution in [0.2, 0.25) is 0 Å². The van der Waals surface area contributed by atoms with E-state index in [-0.39, 0.29) is 9.83 Å². The van der Waals surface area contributed by atoms with E-state index in [4.69, 9.17) is 12.2 Å². The van der Waals surface area contributed by atoms with Gasteiger partial charge in [-0.3, -0.25) is 9.56 Å². The number of carboxylic acid groups (broad SMARTS) is 1. The van der Waals surface area contributed by atoms with Crippen molar-refractivity contribution in [1.29, 1.82) is 0 Å². The molecule has 0 spiro atoms. The van der Waals surface area contributed by atoms with Gasteiger partial charge in [0.25, 0.3) is 0 Å². The molecular weight excluding hydrogens is 380 g/mol. The Hall–Kier alpha value is -3.03. The number of fused-ring (bicyclic) bond motifs is 1. The zero-order valence-electron chi connectivity index (χ0n) is 13.9. The molecular formula is C20H13N2O3S2-. The lowest BCUT2D eigenvalue weighted by Gasteiger charge is -2.21. The van der Waals surface area contributed by atoms with Crippen molar-refractivity contribution in [2.75, 3.05) is 0 Å². The summed E-state index contributed by atoms with van der Waals surface area (Å²) in [6.07, 6.45) is 3.48. The maximum absolute atomic E-state index is 11.8. The first-order valence-electron chi connectivity index (χ1n) is 8.11. The average Bonchev–Trinajstić information content (AvgIpc) is 3.19. The molecule has 134 valence electrons. The van der Waals surface area contributed by atoms with Crippen LogP contribution in [0.4, 0.5) is 5.69 Å². The number of hydrogen-bond donors (Lipinski definition) is 1. The van der Waals surface area contributed by atoms with Gasteiger partial charge in [0.05, 0.1) is 16.5 Å². The van der Waals surface area contributed by atoms with Gasteiger partial charge in [-0.05, 0) is 29.9 Å². The van der Waals surface area contributed by atoms with Crippen LogP contribution in [0.3, 0.4) is 0 Å². The van der Waals surface area contributed by atoms with Crippen LogP contribution < -0.4 is 5.11 Å². The van der Waals surface area contributed by atoms with Gasteiger partial charge in [0.1, 0.15) is 6.04 Å². The Kier molecular flexibility index (Phi) is 4.47. The molecule has 0 amide bonds. The molecule has 1 N–H and O–H groups in total. The van der Waals surface area contributed by atoms with Gasteiger partial charge in [-0.2, -0.15) is 0 Å². The number of carbonyl (C=O) groups is 1. The van der Waals surface area contributed by atoms with Crippen molar-refractivity contribution in [1.82, 2.24) is 4.57 Å². The Morgan fingerprint density at radius 3 is 2.63 bits per heavy atom. The van der Waals surface area contributed by atoms with Crippen LogP contribution in [0.15, 0.2) is 59.6 Å². The molecule has 0 fully saturated rings. The van der Waals surface area contributed by atoms with Gasteiger partial charge in [-0.25, -0.2) is 0 Å². The van der Waals surface area contributed by atoms with E-state index in [2.05, 4.69) is 4.99 Å². The van der Waals surface area contributed by atoms with E-state index in [1.807, 2.05) is 24.3 Å². The lowest BCUT2D eigenvalue weighted by atomic mass is 10.1. The number of para-hydroxylation sites is 1. The van der Waals surface area contributed by atoms with Crippen LogP contribution in [0.25, 0.3) is 11.6 Å². The third-order valence-corrected chi connectivity index (χ3v) is 5.62. The summed E-state index contributed by atoms with van der Waals surface area (Å²) in [5.41, 5.74) is 3.10. The zero-order chi connectivity index (χ0) is 19.0. The van der Waals surface area contributed by atoms with E-state index in [9.17, 15) is 15.0 Å². The Morgan fingerprint density at radius 2 is 1.89 bits per heavy atom. The molecule has 0 bridgehead atoms. The zero-order valence-corrected chi connectivity index (χ0v) is 15.5. The number of nitrogens with zero attached hydrogens (tertiary/aromatic N) is 2. The van der Waals surface area contributed by atoms with E-state index >= 15 is 0 Å². The number of aromatic hydroxyl groups is 1. The van der Waals surface area contributed by atoms with Crippen LogP contribution in [0, 0.1) is 3.95 Å². The first-order chi connectivity index (χ1) is 13.1. The summed E-state index contributed by atoms with van der Waals surface area (Å²) in [5.74, 6) is -1.54. The molecule has 4 rings (SSSR count). The SMILES string of the molecule is O=C([O-])[C@H](c1ccccc1)n1c(O)c(/C=C2\C=Nc3ccccc32)sc1=S. The van der Waals surface area contributed by atoms with E-state index in [0.29, 0.717) is 10.4 Å². The second-order valence-corrected chi connectivity index (χ2v) is 7.61. The van der Waals surface area contributed by atoms with Gasteiger partial charge in [0, 0.05) is 17.4 Å². The van der Waals surface area contributed by atoms with Gasteiger partial charge in [-0.1, -0.05) is 48.5 Å². The maximum atomic E-state index is 11.8. The number of benzene rings is 2. The van der Waals surface area contributed by atoms with Gasteiger partial charge in [0.15, 0.2) is 3.95 Å². The van der Waals surface area contributed by atoms with Crippen molar-refractivity contribution in [3.05, 3.63) is 74.6 Å². The summed E-state index contributed by atoms with van der Waals surface area (Å²) in [7, 11) is 0. The predicted octanol–water partition coefficient (Wildman–Crippen LogP) is 3.58. The van der Waals surface area contributed by atoms with Crippen LogP contribution in [-0.4, -0.2) is 21.9 Å². The number of aliphatic imine (C=N–C) groups is 1. The number of thiazole rings is 1. The number of carboxylic acids is 1. The van der Waals surface area contributed by atoms with Crippen molar-refractivity contribution >= 4 is 53.1 Å². The smallest absolute Gasteiger partial charge is 0.211 e. The highest BCUT2D eigenvalue weighted by molar-refractivity contribution is 7.73. The lowest BCUT2D eigenvalue weighted by molar-refractivity contribution is -0.309. The summed E-state index contributed by atoms with van der Waals surface area (Å²) in [5, 5.41) is 22.5. The van der Waals surface area contributed by atoms with Crippen molar-refractivity contribution < 1.29 is 15.0 Å². The van der Waals surface area contributed by atoms with Crippen molar-refractivity contribution in [2.24, 2.45) is 4.99 Å². The summed E-state index contributed by atoms with van der Waals surface area (Å²) in [6.45, 7) is 0. The quantitative estimate of drug-likeness (QED) is 0.687. The Balaban J connectivity index is 1.82. The molecule has 27 heavy (non-hydrogen) atoms. The number of hydrogen-bond acceptors (Lipinski definition) is 6. The Morgan fingerprint density at radius 1 is 1.19 bits per heavy atom. The molecule has 0 saturated carbocycles. The van der Waals surface area contributed by atoms with Crippen molar-refractivity contribution in [3.63, 3.8) is 0 Å². The molecule has 2 aromatic carbocycles. The minimum absolute atomic E-state index is 0.201. The average molecular weight is 393 g/mol. The van der Waals surface area contributed by atoms with Crippen molar-refractivity contribution in [2.45, 2.75) is 6.04 Å². The Bertz CT molecular complexity index is 1140. The van der Waals surface area contributed by atoms with Gasteiger partial charge in [-0.15, -0.1) is 11.3 Å². The molecule has 1 aromatic heterocycles. The summed E-state index contributed by atoms with van der Waals surface area (Å²) < 4.78 is 1.47. The lowest BCUT2D eigenvalue weighted by Crippen LogP contribution is -2.34. The third-order valence-electron chi connectivity index (χ3n) is 4.28. The van der Waals surface area contributed by atoms with Gasteiger partial charge >= 0.3 is 0 Å². The molecule has 3 aromatic rings. The maximum Gasteiger partial charge on any atom is 0.211 e. The monoisotopic (exact) mass is 393 g/mol. The van der Waals surface area contributed by atoms with E-state index < -0.39 is 12.0 Å². The summed E-state index contributed by atoms with van der Waals surface area (Å²) in [6, 6.07) is 15.0.